The minimum atomic E-state index is -3.58. The number of amides is 2. The molecule has 4 rings (SSSR count). The van der Waals surface area contributed by atoms with Gasteiger partial charge in [0.15, 0.2) is 0 Å². The molecule has 0 radical (unpaired) electrons. The van der Waals surface area contributed by atoms with Crippen molar-refractivity contribution >= 4 is 27.5 Å². The Morgan fingerprint density at radius 2 is 1.67 bits per heavy atom. The van der Waals surface area contributed by atoms with Crippen molar-refractivity contribution < 1.29 is 22.7 Å². The molecule has 0 bridgehead atoms. The monoisotopic (exact) mass is 435 g/mol. The van der Waals surface area contributed by atoms with Gasteiger partial charge in [-0.05, 0) is 36.6 Å². The van der Waals surface area contributed by atoms with E-state index in [2.05, 4.69) is 0 Å². The number of hydrogen-bond donors (Lipinski definition) is 0. The molecule has 3 aliphatic rings. The van der Waals surface area contributed by atoms with Gasteiger partial charge in [-0.1, -0.05) is 12.8 Å². The second kappa shape index (κ2) is 8.64. The van der Waals surface area contributed by atoms with Crippen molar-refractivity contribution in [3.8, 4) is 0 Å². The van der Waals surface area contributed by atoms with Crippen molar-refractivity contribution in [3.05, 3.63) is 23.8 Å². The first-order valence-corrected chi connectivity index (χ1v) is 12.1. The summed E-state index contributed by atoms with van der Waals surface area (Å²) >= 11 is 0. The summed E-state index contributed by atoms with van der Waals surface area (Å²) in [5.74, 6) is -0.329. The lowest BCUT2D eigenvalue weighted by molar-refractivity contribution is -0.137. The average Bonchev–Trinajstić information content (AvgIpc) is 2.91. The normalized spacial score (nSPS) is 23.2. The van der Waals surface area contributed by atoms with Crippen LogP contribution in [0.2, 0.25) is 0 Å². The van der Waals surface area contributed by atoms with Crippen LogP contribution in [-0.2, 0) is 30.8 Å². The Morgan fingerprint density at radius 3 is 2.30 bits per heavy atom. The Labute approximate surface area is 177 Å². The lowest BCUT2D eigenvalue weighted by Gasteiger charge is -2.32. The molecule has 9 heteroatoms. The van der Waals surface area contributed by atoms with E-state index in [0.717, 1.165) is 31.2 Å². The van der Waals surface area contributed by atoms with Crippen LogP contribution in [0.3, 0.4) is 0 Å². The number of anilines is 1. The predicted molar refractivity (Wildman–Crippen MR) is 112 cm³/mol. The van der Waals surface area contributed by atoms with E-state index >= 15 is 0 Å². The summed E-state index contributed by atoms with van der Waals surface area (Å²) in [5.41, 5.74) is 1.36. The van der Waals surface area contributed by atoms with Crippen LogP contribution < -0.4 is 4.90 Å². The number of rotatable bonds is 3. The summed E-state index contributed by atoms with van der Waals surface area (Å²) in [6.07, 6.45) is 4.18. The maximum Gasteiger partial charge on any atom is 0.246 e. The summed E-state index contributed by atoms with van der Waals surface area (Å²) in [7, 11) is -3.58. The fraction of sp³-hybridized carbons (Fsp3) is 0.619. The first-order valence-electron chi connectivity index (χ1n) is 10.7. The fourth-order valence-corrected chi connectivity index (χ4v) is 6.17. The molecule has 1 aromatic carbocycles. The second-order valence-electron chi connectivity index (χ2n) is 8.16. The molecule has 0 N–H and O–H groups in total. The van der Waals surface area contributed by atoms with E-state index in [1.54, 1.807) is 27.4 Å². The zero-order valence-electron chi connectivity index (χ0n) is 17.4. The van der Waals surface area contributed by atoms with Gasteiger partial charge in [-0.15, -0.1) is 0 Å². The van der Waals surface area contributed by atoms with Crippen LogP contribution in [0, 0.1) is 0 Å². The minimum Gasteiger partial charge on any atom is -0.378 e. The van der Waals surface area contributed by atoms with Crippen molar-refractivity contribution in [2.75, 3.05) is 44.3 Å². The summed E-state index contributed by atoms with van der Waals surface area (Å²) in [4.78, 5) is 29.0. The van der Waals surface area contributed by atoms with Crippen LogP contribution in [0.1, 0.15) is 38.2 Å². The molecule has 1 atom stereocenters. The topological polar surface area (TPSA) is 87.2 Å². The van der Waals surface area contributed by atoms with Gasteiger partial charge in [-0.25, -0.2) is 8.42 Å². The summed E-state index contributed by atoms with van der Waals surface area (Å²) in [6, 6.07) is 4.26. The number of sulfonamides is 1. The van der Waals surface area contributed by atoms with Crippen LogP contribution in [0.5, 0.6) is 0 Å². The van der Waals surface area contributed by atoms with Crippen molar-refractivity contribution in [3.63, 3.8) is 0 Å². The first-order chi connectivity index (χ1) is 14.4. The quantitative estimate of drug-likeness (QED) is 0.716. The van der Waals surface area contributed by atoms with Crippen LogP contribution in [0.4, 0.5) is 5.69 Å². The van der Waals surface area contributed by atoms with Crippen molar-refractivity contribution in [1.82, 2.24) is 9.21 Å². The van der Waals surface area contributed by atoms with E-state index < -0.39 is 16.1 Å². The second-order valence-corrected chi connectivity index (χ2v) is 10.1. The van der Waals surface area contributed by atoms with E-state index in [1.807, 2.05) is 0 Å². The fourth-order valence-electron chi connectivity index (χ4n) is 4.60. The van der Waals surface area contributed by atoms with Crippen molar-refractivity contribution in [1.29, 1.82) is 0 Å². The maximum atomic E-state index is 13.2. The molecule has 0 unspecified atom stereocenters. The number of hydrogen-bond acceptors (Lipinski definition) is 5. The molecule has 2 amide bonds. The highest BCUT2D eigenvalue weighted by molar-refractivity contribution is 7.89. The molecule has 0 aromatic heterocycles. The van der Waals surface area contributed by atoms with Gasteiger partial charge in [0.25, 0.3) is 0 Å². The molecule has 3 aliphatic heterocycles. The van der Waals surface area contributed by atoms with E-state index in [9.17, 15) is 18.0 Å². The maximum absolute atomic E-state index is 13.2. The van der Waals surface area contributed by atoms with Gasteiger partial charge in [0.05, 0.1) is 18.1 Å². The number of nitrogens with zero attached hydrogens (tertiary/aromatic N) is 3. The standard InChI is InChI=1S/C21H29N3O5S/c1-16(25)24-19-7-6-18(30(27,28)23-8-4-2-3-5-9-23)14-17(19)15-20(24)21(26)22-10-12-29-13-11-22/h6-7,14,20H,2-5,8-13,15H2,1H3/t20-/m0/s1. The van der Waals surface area contributed by atoms with Gasteiger partial charge in [-0.3, -0.25) is 14.5 Å². The molecule has 0 spiro atoms. The summed E-state index contributed by atoms with van der Waals surface area (Å²) < 4.78 is 33.2. The SMILES string of the molecule is CC(=O)N1c2ccc(S(=O)(=O)N3CCCCCC3)cc2C[C@H]1C(=O)N1CCOCC1. The summed E-state index contributed by atoms with van der Waals surface area (Å²) in [5, 5.41) is 0. The predicted octanol–water partition coefficient (Wildman–Crippen LogP) is 1.39. The van der Waals surface area contributed by atoms with Crippen LogP contribution in [0.25, 0.3) is 0 Å². The van der Waals surface area contributed by atoms with Crippen LogP contribution in [0.15, 0.2) is 23.1 Å². The highest BCUT2D eigenvalue weighted by Crippen LogP contribution is 2.35. The number of carbonyl (C=O) groups excluding carboxylic acids is 2. The van der Waals surface area contributed by atoms with Gasteiger partial charge in [0.2, 0.25) is 21.8 Å². The zero-order valence-corrected chi connectivity index (χ0v) is 18.2. The summed E-state index contributed by atoms with van der Waals surface area (Å²) in [6.45, 7) is 4.51. The average molecular weight is 436 g/mol. The minimum absolute atomic E-state index is 0.110. The Hall–Kier alpha value is -1.97. The third-order valence-corrected chi connectivity index (χ3v) is 8.08. The molecule has 3 heterocycles. The zero-order chi connectivity index (χ0) is 21.3. The number of morpholine rings is 1. The Balaban J connectivity index is 1.62. The smallest absolute Gasteiger partial charge is 0.246 e. The van der Waals surface area contributed by atoms with Gasteiger partial charge in [0, 0.05) is 45.2 Å². The van der Waals surface area contributed by atoms with E-state index in [-0.39, 0.29) is 16.7 Å². The van der Waals surface area contributed by atoms with Gasteiger partial charge < -0.3 is 9.64 Å². The van der Waals surface area contributed by atoms with Crippen LogP contribution in [-0.4, -0.2) is 74.9 Å². The first kappa shape index (κ1) is 21.3. The molecule has 8 nitrogen and oxygen atoms in total. The third kappa shape index (κ3) is 3.98. The van der Waals surface area contributed by atoms with E-state index in [1.165, 1.54) is 11.8 Å². The molecule has 0 aliphatic carbocycles. The Kier molecular flexibility index (Phi) is 6.13. The van der Waals surface area contributed by atoms with Gasteiger partial charge >= 0.3 is 0 Å². The number of benzene rings is 1. The Bertz CT molecular complexity index is 919. The largest absolute Gasteiger partial charge is 0.378 e. The number of ether oxygens (including phenoxy) is 1. The molecule has 2 fully saturated rings. The van der Waals surface area contributed by atoms with Gasteiger partial charge in [0.1, 0.15) is 6.04 Å². The molecule has 164 valence electrons. The number of fused-ring (bicyclic) bond motifs is 1. The Morgan fingerprint density at radius 1 is 1.00 bits per heavy atom. The van der Waals surface area contributed by atoms with Gasteiger partial charge in [-0.2, -0.15) is 4.31 Å². The lowest BCUT2D eigenvalue weighted by Crippen LogP contribution is -2.52. The van der Waals surface area contributed by atoms with Crippen LogP contribution >= 0.6 is 0 Å². The highest BCUT2D eigenvalue weighted by atomic mass is 32.2. The molecule has 2 saturated heterocycles. The lowest BCUT2D eigenvalue weighted by atomic mass is 10.1. The molecule has 1 aromatic rings. The van der Waals surface area contributed by atoms with E-state index in [4.69, 9.17) is 4.74 Å². The molecular formula is C21H29N3O5S. The molecule has 30 heavy (non-hydrogen) atoms. The van der Waals surface area contributed by atoms with E-state index in [0.29, 0.717) is 51.5 Å². The highest BCUT2D eigenvalue weighted by Gasteiger charge is 2.40. The van der Waals surface area contributed by atoms with Crippen molar-refractivity contribution in [2.45, 2.75) is 50.0 Å². The number of carbonyl (C=O) groups is 2. The molecule has 0 saturated carbocycles. The third-order valence-electron chi connectivity index (χ3n) is 6.19. The molecular weight excluding hydrogens is 406 g/mol. The van der Waals surface area contributed by atoms with Crippen molar-refractivity contribution in [2.24, 2.45) is 0 Å².